The molecule has 0 radical (unpaired) electrons. The summed E-state index contributed by atoms with van der Waals surface area (Å²) in [7, 11) is 0. The number of nitrogens with one attached hydrogen (secondary N) is 1. The Morgan fingerprint density at radius 2 is 1.78 bits per heavy atom. The summed E-state index contributed by atoms with van der Waals surface area (Å²) in [6.07, 6.45) is 0. The Morgan fingerprint density at radius 1 is 1.11 bits per heavy atom. The quantitative estimate of drug-likeness (QED) is 0.714. The number of para-hydroxylation sites is 1. The molecule has 2 rings (SSSR count). The first kappa shape index (κ1) is 13.8. The van der Waals surface area contributed by atoms with Crippen LogP contribution in [0.2, 0.25) is 5.02 Å². The van der Waals surface area contributed by atoms with Crippen molar-refractivity contribution < 1.29 is 4.39 Å². The van der Waals surface area contributed by atoms with Crippen LogP contribution in [0.3, 0.4) is 0 Å². The van der Waals surface area contributed by atoms with E-state index in [1.54, 1.807) is 12.1 Å². The van der Waals surface area contributed by atoms with Gasteiger partial charge in [-0.2, -0.15) is 0 Å². The minimum absolute atomic E-state index is 0.140. The van der Waals surface area contributed by atoms with E-state index in [4.69, 9.17) is 11.6 Å². The van der Waals surface area contributed by atoms with Crippen molar-refractivity contribution in [3.05, 3.63) is 61.7 Å². The molecule has 0 saturated carbocycles. The van der Waals surface area contributed by atoms with Gasteiger partial charge in [-0.05, 0) is 61.7 Å². The number of hydrogen-bond donors (Lipinski definition) is 1. The van der Waals surface area contributed by atoms with Crippen molar-refractivity contribution in [3.63, 3.8) is 0 Å². The molecule has 0 aliphatic rings. The average Bonchev–Trinajstić information content (AvgIpc) is 2.33. The van der Waals surface area contributed by atoms with Crippen molar-refractivity contribution in [2.24, 2.45) is 0 Å². The van der Waals surface area contributed by atoms with Crippen LogP contribution < -0.4 is 5.32 Å². The maximum atomic E-state index is 13.3. The molecule has 0 atom stereocenters. The van der Waals surface area contributed by atoms with Crippen LogP contribution in [-0.2, 0) is 6.54 Å². The summed E-state index contributed by atoms with van der Waals surface area (Å²) < 4.78 is 15.2. The molecule has 0 heterocycles. The highest BCUT2D eigenvalue weighted by atomic mass is 79.9. The molecule has 1 nitrogen and oxygen atoms in total. The molecule has 0 amide bonds. The molecule has 18 heavy (non-hydrogen) atoms. The van der Waals surface area contributed by atoms with E-state index >= 15 is 0 Å². The van der Waals surface area contributed by atoms with Crippen molar-refractivity contribution in [1.82, 2.24) is 0 Å². The monoisotopic (exact) mass is 391 g/mol. The number of rotatable bonds is 3. The molecular formula is C13H9Br2ClFN. The van der Waals surface area contributed by atoms with Gasteiger partial charge in [-0.1, -0.05) is 23.7 Å². The fraction of sp³-hybridized carbons (Fsp3) is 0.0769. The van der Waals surface area contributed by atoms with Gasteiger partial charge >= 0.3 is 0 Å². The third-order valence-corrected chi connectivity index (χ3v) is 4.04. The van der Waals surface area contributed by atoms with Gasteiger partial charge in [0.2, 0.25) is 0 Å². The zero-order valence-electron chi connectivity index (χ0n) is 9.18. The SMILES string of the molecule is Fc1cc(CNc2c(Br)cccc2Br)ccc1Cl. The van der Waals surface area contributed by atoms with Gasteiger partial charge in [0.15, 0.2) is 0 Å². The molecule has 0 fully saturated rings. The zero-order valence-corrected chi connectivity index (χ0v) is 13.1. The van der Waals surface area contributed by atoms with E-state index < -0.39 is 5.82 Å². The van der Waals surface area contributed by atoms with Crippen molar-refractivity contribution >= 4 is 49.1 Å². The number of anilines is 1. The summed E-state index contributed by atoms with van der Waals surface area (Å²) in [5, 5.41) is 3.38. The minimum Gasteiger partial charge on any atom is -0.379 e. The topological polar surface area (TPSA) is 12.0 Å². The summed E-state index contributed by atoms with van der Waals surface area (Å²) in [6, 6.07) is 10.6. The Hall–Kier alpha value is -0.580. The lowest BCUT2D eigenvalue weighted by atomic mass is 10.2. The van der Waals surface area contributed by atoms with E-state index in [1.807, 2.05) is 18.2 Å². The summed E-state index contributed by atoms with van der Waals surface area (Å²) in [4.78, 5) is 0. The van der Waals surface area contributed by atoms with Crippen LogP contribution in [-0.4, -0.2) is 0 Å². The van der Waals surface area contributed by atoms with Gasteiger partial charge in [-0.3, -0.25) is 0 Å². The van der Waals surface area contributed by atoms with Crippen LogP contribution in [0.1, 0.15) is 5.56 Å². The lowest BCUT2D eigenvalue weighted by molar-refractivity contribution is 0.626. The highest BCUT2D eigenvalue weighted by molar-refractivity contribution is 9.11. The molecule has 2 aromatic carbocycles. The molecule has 0 aromatic heterocycles. The summed E-state index contributed by atoms with van der Waals surface area (Å²) in [5.41, 5.74) is 1.77. The smallest absolute Gasteiger partial charge is 0.142 e. The molecular weight excluding hydrogens is 384 g/mol. The van der Waals surface area contributed by atoms with Crippen LogP contribution in [0.15, 0.2) is 45.3 Å². The van der Waals surface area contributed by atoms with Gasteiger partial charge in [-0.25, -0.2) is 4.39 Å². The van der Waals surface area contributed by atoms with Gasteiger partial charge in [0.25, 0.3) is 0 Å². The molecule has 0 aliphatic heterocycles. The molecule has 94 valence electrons. The summed E-state index contributed by atoms with van der Waals surface area (Å²) in [6.45, 7) is 0.523. The van der Waals surface area contributed by atoms with Gasteiger partial charge in [-0.15, -0.1) is 0 Å². The van der Waals surface area contributed by atoms with Gasteiger partial charge in [0, 0.05) is 15.5 Å². The van der Waals surface area contributed by atoms with Crippen molar-refractivity contribution in [2.75, 3.05) is 5.32 Å². The second-order valence-corrected chi connectivity index (χ2v) is 5.81. The van der Waals surface area contributed by atoms with Crippen LogP contribution in [0.5, 0.6) is 0 Å². The van der Waals surface area contributed by atoms with Crippen LogP contribution in [0, 0.1) is 5.82 Å². The van der Waals surface area contributed by atoms with Crippen molar-refractivity contribution in [3.8, 4) is 0 Å². The molecule has 0 unspecified atom stereocenters. The predicted octanol–water partition coefficient (Wildman–Crippen LogP) is 5.62. The van der Waals surface area contributed by atoms with E-state index in [0.29, 0.717) is 6.54 Å². The molecule has 2 aromatic rings. The van der Waals surface area contributed by atoms with Crippen molar-refractivity contribution in [1.29, 1.82) is 0 Å². The van der Waals surface area contributed by atoms with Gasteiger partial charge < -0.3 is 5.32 Å². The Balaban J connectivity index is 2.14. The van der Waals surface area contributed by atoms with Crippen LogP contribution >= 0.6 is 43.5 Å². The first-order valence-corrected chi connectivity index (χ1v) is 7.16. The summed E-state index contributed by atoms with van der Waals surface area (Å²) in [5.74, 6) is -0.401. The summed E-state index contributed by atoms with van der Waals surface area (Å²) >= 11 is 12.6. The Kier molecular flexibility index (Phi) is 4.65. The molecule has 5 heteroatoms. The maximum Gasteiger partial charge on any atom is 0.142 e. The Labute approximate surface area is 127 Å². The Morgan fingerprint density at radius 3 is 2.39 bits per heavy atom. The van der Waals surface area contributed by atoms with E-state index in [0.717, 1.165) is 20.2 Å². The lowest BCUT2D eigenvalue weighted by Crippen LogP contribution is -2.01. The largest absolute Gasteiger partial charge is 0.379 e. The molecule has 0 saturated heterocycles. The van der Waals surface area contributed by atoms with Crippen molar-refractivity contribution in [2.45, 2.75) is 6.54 Å². The van der Waals surface area contributed by atoms with E-state index in [9.17, 15) is 4.39 Å². The number of benzene rings is 2. The second kappa shape index (κ2) is 6.04. The van der Waals surface area contributed by atoms with Gasteiger partial charge in [0.1, 0.15) is 5.82 Å². The highest BCUT2D eigenvalue weighted by Crippen LogP contribution is 2.31. The van der Waals surface area contributed by atoms with E-state index in [2.05, 4.69) is 37.2 Å². The molecule has 1 N–H and O–H groups in total. The van der Waals surface area contributed by atoms with Gasteiger partial charge in [0.05, 0.1) is 10.7 Å². The van der Waals surface area contributed by atoms with E-state index in [1.165, 1.54) is 6.07 Å². The average molecular weight is 393 g/mol. The number of halogens is 4. The third-order valence-electron chi connectivity index (χ3n) is 2.42. The zero-order chi connectivity index (χ0) is 13.1. The molecule has 0 spiro atoms. The highest BCUT2D eigenvalue weighted by Gasteiger charge is 2.05. The van der Waals surface area contributed by atoms with Crippen LogP contribution in [0.25, 0.3) is 0 Å². The normalized spacial score (nSPS) is 10.4. The first-order valence-electron chi connectivity index (χ1n) is 5.20. The number of hydrogen-bond acceptors (Lipinski definition) is 1. The standard InChI is InChI=1S/C13H9Br2ClFN/c14-9-2-1-3-10(15)13(9)18-7-8-4-5-11(16)12(17)6-8/h1-6,18H,7H2. The second-order valence-electron chi connectivity index (χ2n) is 3.70. The Bertz CT molecular complexity index is 555. The fourth-order valence-corrected chi connectivity index (χ4v) is 2.90. The minimum atomic E-state index is -0.401. The van der Waals surface area contributed by atoms with Crippen LogP contribution in [0.4, 0.5) is 10.1 Å². The third kappa shape index (κ3) is 3.25. The van der Waals surface area contributed by atoms with E-state index in [-0.39, 0.29) is 5.02 Å². The molecule has 0 bridgehead atoms. The fourth-order valence-electron chi connectivity index (χ4n) is 1.51. The predicted molar refractivity (Wildman–Crippen MR) is 80.6 cm³/mol. The molecule has 0 aliphatic carbocycles. The maximum absolute atomic E-state index is 13.3. The lowest BCUT2D eigenvalue weighted by Gasteiger charge is -2.11. The first-order chi connectivity index (χ1) is 8.58.